The molecule has 0 atom stereocenters. The van der Waals surface area contributed by atoms with Gasteiger partial charge in [0.25, 0.3) is 0 Å². The predicted molar refractivity (Wildman–Crippen MR) is 112 cm³/mol. The first-order valence-electron chi connectivity index (χ1n) is 10.4. The van der Waals surface area contributed by atoms with Crippen molar-refractivity contribution in [2.45, 2.75) is 57.5 Å². The molecule has 0 spiro atoms. The van der Waals surface area contributed by atoms with E-state index in [1.165, 1.54) is 37.3 Å². The number of carbonyl (C=O) groups excluding carboxylic acids is 2. The molecule has 0 aromatic heterocycles. The minimum Gasteiger partial charge on any atom is -0.459 e. The summed E-state index contributed by atoms with van der Waals surface area (Å²) in [6.07, 6.45) is 11.2. The second kappa shape index (κ2) is 9.72. The molecule has 0 N–H and O–H groups in total. The molecule has 150 valence electrons. The molecule has 2 fully saturated rings. The van der Waals surface area contributed by atoms with Crippen molar-refractivity contribution in [3.05, 3.63) is 54.1 Å². The maximum Gasteiger partial charge on any atom is 0.330 e. The number of amides is 1. The number of rotatable bonds is 5. The number of hydrogen-bond donors (Lipinski definition) is 0. The summed E-state index contributed by atoms with van der Waals surface area (Å²) < 4.78 is 5.25. The lowest BCUT2D eigenvalue weighted by Crippen LogP contribution is -2.40. The highest BCUT2D eigenvalue weighted by molar-refractivity contribution is 5.91. The number of likely N-dealkylation sites (tertiary alicyclic amines) is 1. The Bertz CT molecular complexity index is 706. The molecule has 1 heterocycles. The van der Waals surface area contributed by atoms with Gasteiger partial charge >= 0.3 is 5.97 Å². The summed E-state index contributed by atoms with van der Waals surface area (Å²) in [7, 11) is 0. The molecule has 1 aromatic carbocycles. The van der Waals surface area contributed by atoms with Crippen LogP contribution in [0.4, 0.5) is 0 Å². The zero-order valence-corrected chi connectivity index (χ0v) is 16.8. The predicted octanol–water partition coefficient (Wildman–Crippen LogP) is 4.71. The Kier molecular flexibility index (Phi) is 7.07. The summed E-state index contributed by atoms with van der Waals surface area (Å²) >= 11 is 0. The molecule has 4 heteroatoms. The third-order valence-electron chi connectivity index (χ3n) is 6.05. The molecule has 3 rings (SSSR count). The quantitative estimate of drug-likeness (QED) is 0.548. The number of ether oxygens (including phenoxy) is 1. The van der Waals surface area contributed by atoms with Crippen LogP contribution in [0.15, 0.2) is 43.0 Å². The maximum atomic E-state index is 12.4. The van der Waals surface area contributed by atoms with Crippen LogP contribution in [0.5, 0.6) is 0 Å². The number of carbonyl (C=O) groups is 2. The Balaban J connectivity index is 1.48. The Morgan fingerprint density at radius 3 is 2.29 bits per heavy atom. The van der Waals surface area contributed by atoms with Crippen LogP contribution in [-0.4, -0.2) is 36.0 Å². The lowest BCUT2D eigenvalue weighted by molar-refractivity contribution is -0.145. The zero-order chi connectivity index (χ0) is 19.9. The van der Waals surface area contributed by atoms with Gasteiger partial charge < -0.3 is 9.64 Å². The molecule has 1 aliphatic carbocycles. The van der Waals surface area contributed by atoms with E-state index in [-0.39, 0.29) is 12.0 Å². The van der Waals surface area contributed by atoms with Crippen LogP contribution in [0.2, 0.25) is 0 Å². The van der Waals surface area contributed by atoms with Gasteiger partial charge in [0.2, 0.25) is 5.91 Å². The number of piperidine rings is 1. The summed E-state index contributed by atoms with van der Waals surface area (Å²) in [5.41, 5.74) is 2.47. The smallest absolute Gasteiger partial charge is 0.330 e. The van der Waals surface area contributed by atoms with Crippen molar-refractivity contribution in [3.63, 3.8) is 0 Å². The second-order valence-electron chi connectivity index (χ2n) is 8.12. The maximum absolute atomic E-state index is 12.4. The van der Waals surface area contributed by atoms with E-state index < -0.39 is 5.97 Å². The summed E-state index contributed by atoms with van der Waals surface area (Å²) in [5, 5.41) is 0. The molecule has 28 heavy (non-hydrogen) atoms. The van der Waals surface area contributed by atoms with Gasteiger partial charge in [-0.25, -0.2) is 4.79 Å². The average Bonchev–Trinajstić information content (AvgIpc) is 2.73. The van der Waals surface area contributed by atoms with Crippen molar-refractivity contribution in [3.8, 4) is 0 Å². The third-order valence-corrected chi connectivity index (χ3v) is 6.05. The van der Waals surface area contributed by atoms with Gasteiger partial charge in [-0.2, -0.15) is 0 Å². The van der Waals surface area contributed by atoms with Gasteiger partial charge in [-0.3, -0.25) is 4.79 Å². The van der Waals surface area contributed by atoms with E-state index in [2.05, 4.69) is 37.8 Å². The van der Waals surface area contributed by atoms with Crippen LogP contribution in [0.25, 0.3) is 6.08 Å². The van der Waals surface area contributed by atoms with Crippen LogP contribution in [-0.2, 0) is 14.3 Å². The van der Waals surface area contributed by atoms with Gasteiger partial charge in [0.15, 0.2) is 0 Å². The molecule has 0 bridgehead atoms. The summed E-state index contributed by atoms with van der Waals surface area (Å²) in [6, 6.07) is 8.64. The minimum absolute atomic E-state index is 0.0128. The van der Waals surface area contributed by atoms with Crippen LogP contribution in [0, 0.1) is 5.92 Å². The largest absolute Gasteiger partial charge is 0.459 e. The Hall–Kier alpha value is -2.36. The van der Waals surface area contributed by atoms with Gasteiger partial charge in [-0.05, 0) is 41.9 Å². The van der Waals surface area contributed by atoms with Gasteiger partial charge in [0, 0.05) is 38.1 Å². The fourth-order valence-electron chi connectivity index (χ4n) is 4.15. The van der Waals surface area contributed by atoms with E-state index in [9.17, 15) is 9.59 Å². The second-order valence-corrected chi connectivity index (χ2v) is 8.12. The first-order valence-corrected chi connectivity index (χ1v) is 10.4. The van der Waals surface area contributed by atoms with E-state index in [0.29, 0.717) is 31.8 Å². The average molecular weight is 382 g/mol. The number of nitrogens with zero attached hydrogens (tertiary/aromatic N) is 1. The molecular formula is C24H31NO3. The third kappa shape index (κ3) is 5.57. The number of esters is 1. The topological polar surface area (TPSA) is 46.6 Å². The number of benzene rings is 1. The molecule has 2 aliphatic rings. The van der Waals surface area contributed by atoms with Crippen LogP contribution in [0.3, 0.4) is 0 Å². The zero-order valence-electron chi connectivity index (χ0n) is 16.8. The molecule has 1 amide bonds. The molecule has 4 nitrogen and oxygen atoms in total. The lowest BCUT2D eigenvalue weighted by atomic mass is 9.79. The fraction of sp³-hybridized carbons (Fsp3) is 0.500. The van der Waals surface area contributed by atoms with Crippen LogP contribution in [0.1, 0.15) is 62.5 Å². The summed E-state index contributed by atoms with van der Waals surface area (Å²) in [4.78, 5) is 25.5. The minimum atomic E-state index is -0.393. The molecule has 1 aromatic rings. The monoisotopic (exact) mass is 381 g/mol. The highest BCUT2D eigenvalue weighted by Crippen LogP contribution is 2.35. The SMILES string of the molecule is C=CC(=O)OC1CCN(C(=O)/C=C/c2ccc(C3CCC(C)CC3)cc2)CC1. The molecule has 1 saturated heterocycles. The van der Waals surface area contributed by atoms with Gasteiger partial charge in [0.1, 0.15) is 6.10 Å². The lowest BCUT2D eigenvalue weighted by Gasteiger charge is -2.30. The van der Waals surface area contributed by atoms with E-state index in [1.807, 2.05) is 11.0 Å². The summed E-state index contributed by atoms with van der Waals surface area (Å²) in [6.45, 7) is 6.97. The Morgan fingerprint density at radius 2 is 1.68 bits per heavy atom. The van der Waals surface area contributed by atoms with Crippen LogP contribution >= 0.6 is 0 Å². The first kappa shape index (κ1) is 20.4. The van der Waals surface area contributed by atoms with Crippen LogP contribution < -0.4 is 0 Å². The van der Waals surface area contributed by atoms with Crippen molar-refractivity contribution < 1.29 is 14.3 Å². The number of hydrogen-bond acceptors (Lipinski definition) is 3. The van der Waals surface area contributed by atoms with E-state index in [4.69, 9.17) is 4.74 Å². The summed E-state index contributed by atoms with van der Waals surface area (Å²) in [5.74, 6) is 1.17. The highest BCUT2D eigenvalue weighted by Gasteiger charge is 2.23. The Morgan fingerprint density at radius 1 is 1.04 bits per heavy atom. The molecule has 0 unspecified atom stereocenters. The van der Waals surface area contributed by atoms with Crippen molar-refractivity contribution in [2.75, 3.05) is 13.1 Å². The van der Waals surface area contributed by atoms with Crippen molar-refractivity contribution in [2.24, 2.45) is 5.92 Å². The Labute approximate surface area is 168 Å². The van der Waals surface area contributed by atoms with Crippen molar-refractivity contribution >= 4 is 18.0 Å². The van der Waals surface area contributed by atoms with Gasteiger partial charge in [0.05, 0.1) is 0 Å². The van der Waals surface area contributed by atoms with Gasteiger partial charge in [-0.15, -0.1) is 0 Å². The standard InChI is InChI=1S/C24H31NO3/c1-3-24(27)28-22-14-16-25(17-15-22)23(26)13-8-19-6-11-21(12-7-19)20-9-4-18(2)5-10-20/h3,6-8,11-13,18,20,22H,1,4-5,9-10,14-17H2,2H3/b13-8+. The fourth-order valence-corrected chi connectivity index (χ4v) is 4.15. The molecule has 1 aliphatic heterocycles. The molecule has 0 radical (unpaired) electrons. The first-order chi connectivity index (χ1) is 13.5. The van der Waals surface area contributed by atoms with Crippen molar-refractivity contribution in [1.82, 2.24) is 4.90 Å². The van der Waals surface area contributed by atoms with E-state index >= 15 is 0 Å². The highest BCUT2D eigenvalue weighted by atomic mass is 16.5. The van der Waals surface area contributed by atoms with Gasteiger partial charge in [-0.1, -0.05) is 50.6 Å². The van der Waals surface area contributed by atoms with E-state index in [0.717, 1.165) is 11.5 Å². The molecule has 1 saturated carbocycles. The van der Waals surface area contributed by atoms with E-state index in [1.54, 1.807) is 6.08 Å². The van der Waals surface area contributed by atoms with Crippen molar-refractivity contribution in [1.29, 1.82) is 0 Å². The normalized spacial score (nSPS) is 23.5. The molecular weight excluding hydrogens is 350 g/mol.